The van der Waals surface area contributed by atoms with Crippen LogP contribution >= 0.6 is 0 Å². The van der Waals surface area contributed by atoms with Crippen molar-refractivity contribution in [2.24, 2.45) is 0 Å². The van der Waals surface area contributed by atoms with E-state index in [2.05, 4.69) is 16.0 Å². The molecule has 10 nitrogen and oxygen atoms in total. The highest BCUT2D eigenvalue weighted by Crippen LogP contribution is 2.16. The van der Waals surface area contributed by atoms with Crippen LogP contribution in [0.5, 0.6) is 0 Å². The first-order chi connectivity index (χ1) is 17.7. The van der Waals surface area contributed by atoms with E-state index in [1.54, 1.807) is 0 Å². The maximum absolute atomic E-state index is 13.9. The predicted octanol–water partition coefficient (Wildman–Crippen LogP) is -0.123. The lowest BCUT2D eigenvalue weighted by molar-refractivity contribution is -0.147. The first-order valence-electron chi connectivity index (χ1n) is 12.1. The van der Waals surface area contributed by atoms with E-state index in [0.717, 1.165) is 11.1 Å². The summed E-state index contributed by atoms with van der Waals surface area (Å²) in [5, 5.41) is 7.59. The van der Waals surface area contributed by atoms with Crippen LogP contribution in [0.2, 0.25) is 0 Å². The van der Waals surface area contributed by atoms with Crippen molar-refractivity contribution in [3.63, 3.8) is 0 Å². The summed E-state index contributed by atoms with van der Waals surface area (Å²) >= 11 is 0. The number of likely N-dealkylation sites (N-methyl/N-ethyl adjacent to an activating group) is 2. The third kappa shape index (κ3) is 7.39. The molecule has 1 aliphatic rings. The molecule has 1 heterocycles. The van der Waals surface area contributed by atoms with Gasteiger partial charge in [0.25, 0.3) is 0 Å². The van der Waals surface area contributed by atoms with E-state index in [0.29, 0.717) is 0 Å². The van der Waals surface area contributed by atoms with Gasteiger partial charge in [-0.3, -0.25) is 24.0 Å². The van der Waals surface area contributed by atoms with Gasteiger partial charge in [0.2, 0.25) is 29.5 Å². The molecule has 0 spiro atoms. The minimum absolute atomic E-state index is 0.207. The van der Waals surface area contributed by atoms with Gasteiger partial charge in [0.05, 0.1) is 13.1 Å². The zero-order valence-corrected chi connectivity index (χ0v) is 21.3. The molecule has 5 amide bonds. The first-order valence-corrected chi connectivity index (χ1v) is 12.1. The number of carbonyl (C=O) groups is 5. The van der Waals surface area contributed by atoms with Gasteiger partial charge in [0.15, 0.2) is 0 Å². The summed E-state index contributed by atoms with van der Waals surface area (Å²) in [5.41, 5.74) is 1.67. The largest absolute Gasteiger partial charge is 0.345 e. The topological polar surface area (TPSA) is 128 Å². The second kappa shape index (κ2) is 12.7. The highest BCUT2D eigenvalue weighted by molar-refractivity contribution is 5.96. The second-order valence-electron chi connectivity index (χ2n) is 9.09. The van der Waals surface area contributed by atoms with Gasteiger partial charge < -0.3 is 25.8 Å². The summed E-state index contributed by atoms with van der Waals surface area (Å²) < 4.78 is 0. The molecule has 37 heavy (non-hydrogen) atoms. The van der Waals surface area contributed by atoms with Crippen LogP contribution in [0, 0.1) is 0 Å². The summed E-state index contributed by atoms with van der Waals surface area (Å²) in [6.07, 6.45) is 0.426. The van der Waals surface area contributed by atoms with Crippen molar-refractivity contribution >= 4 is 29.5 Å². The van der Waals surface area contributed by atoms with Crippen molar-refractivity contribution in [3.05, 3.63) is 71.8 Å². The summed E-state index contributed by atoms with van der Waals surface area (Å²) in [6.45, 7) is 0.809. The molecule has 1 saturated heterocycles. The average Bonchev–Trinajstić information content (AvgIpc) is 2.91. The van der Waals surface area contributed by atoms with Gasteiger partial charge in [-0.15, -0.1) is 0 Å². The zero-order chi connectivity index (χ0) is 26.9. The Labute approximate surface area is 216 Å². The van der Waals surface area contributed by atoms with Crippen LogP contribution in [0.3, 0.4) is 0 Å². The Morgan fingerprint density at radius 2 is 1.24 bits per heavy atom. The normalized spacial score (nSPS) is 22.5. The minimum atomic E-state index is -0.948. The maximum atomic E-state index is 13.9. The summed E-state index contributed by atoms with van der Waals surface area (Å²) in [5.74, 6) is -2.55. The van der Waals surface area contributed by atoms with E-state index >= 15 is 0 Å². The van der Waals surface area contributed by atoms with Crippen LogP contribution in [0.25, 0.3) is 0 Å². The fourth-order valence-electron chi connectivity index (χ4n) is 4.09. The van der Waals surface area contributed by atoms with E-state index in [9.17, 15) is 24.0 Å². The fourth-order valence-corrected chi connectivity index (χ4v) is 4.09. The summed E-state index contributed by atoms with van der Waals surface area (Å²) in [4.78, 5) is 67.5. The molecule has 1 aliphatic heterocycles. The maximum Gasteiger partial charge on any atom is 0.246 e. The SMILES string of the molecule is CC1NC(=O)C(Cc2ccccc2)N(C)C(=O)C(Cc2ccccc2)N(C)C(=O)CNC(=O)CNC1=O. The lowest BCUT2D eigenvalue weighted by Gasteiger charge is -2.35. The number of amides is 5. The van der Waals surface area contributed by atoms with Gasteiger partial charge in [-0.1, -0.05) is 60.7 Å². The molecular weight excluding hydrogens is 474 g/mol. The fraction of sp³-hybridized carbons (Fsp3) is 0.370. The average molecular weight is 508 g/mol. The smallest absolute Gasteiger partial charge is 0.246 e. The standard InChI is InChI=1S/C27H33N5O5/c1-18-25(35)29-16-23(33)28-17-24(34)31(2)22(15-20-12-8-5-9-13-20)27(37)32(3)21(26(36)30-18)14-19-10-6-4-7-11-19/h4-13,18,21-22H,14-17H2,1-3H3,(H,28,33)(H,29,35)(H,30,36). The quantitative estimate of drug-likeness (QED) is 0.532. The molecule has 0 saturated carbocycles. The number of nitrogens with zero attached hydrogens (tertiary/aromatic N) is 2. The Bertz CT molecular complexity index is 1120. The molecule has 0 aromatic heterocycles. The summed E-state index contributed by atoms with van der Waals surface area (Å²) in [7, 11) is 3.03. The molecule has 196 valence electrons. The number of carbonyl (C=O) groups excluding carboxylic acids is 5. The van der Waals surface area contributed by atoms with Crippen LogP contribution in [0.15, 0.2) is 60.7 Å². The van der Waals surface area contributed by atoms with Crippen LogP contribution in [-0.2, 0) is 36.8 Å². The summed E-state index contributed by atoms with van der Waals surface area (Å²) in [6, 6.07) is 15.7. The van der Waals surface area contributed by atoms with E-state index in [1.807, 2.05) is 60.7 Å². The first kappa shape index (κ1) is 27.4. The van der Waals surface area contributed by atoms with Gasteiger partial charge in [0, 0.05) is 26.9 Å². The van der Waals surface area contributed by atoms with Gasteiger partial charge >= 0.3 is 0 Å². The van der Waals surface area contributed by atoms with Crippen LogP contribution in [0.1, 0.15) is 18.1 Å². The number of rotatable bonds is 4. The second-order valence-corrected chi connectivity index (χ2v) is 9.09. The Morgan fingerprint density at radius 3 is 1.81 bits per heavy atom. The van der Waals surface area contributed by atoms with Crippen LogP contribution in [0.4, 0.5) is 0 Å². The molecule has 3 rings (SSSR count). The lowest BCUT2D eigenvalue weighted by atomic mass is 10.00. The third-order valence-electron chi connectivity index (χ3n) is 6.42. The van der Waals surface area contributed by atoms with E-state index in [1.165, 1.54) is 30.8 Å². The predicted molar refractivity (Wildman–Crippen MR) is 137 cm³/mol. The van der Waals surface area contributed by atoms with Gasteiger partial charge in [-0.05, 0) is 18.1 Å². The van der Waals surface area contributed by atoms with E-state index < -0.39 is 47.7 Å². The monoisotopic (exact) mass is 507 g/mol. The minimum Gasteiger partial charge on any atom is -0.345 e. The number of benzene rings is 2. The molecular formula is C27H33N5O5. The van der Waals surface area contributed by atoms with Crippen molar-refractivity contribution in [2.75, 3.05) is 27.2 Å². The van der Waals surface area contributed by atoms with Crippen molar-refractivity contribution in [2.45, 2.75) is 37.9 Å². The molecule has 2 aromatic carbocycles. The molecule has 3 atom stereocenters. The molecule has 3 N–H and O–H groups in total. The number of hydrogen-bond acceptors (Lipinski definition) is 5. The van der Waals surface area contributed by atoms with Crippen molar-refractivity contribution in [3.8, 4) is 0 Å². The Kier molecular flexibility index (Phi) is 9.37. The van der Waals surface area contributed by atoms with E-state index in [4.69, 9.17) is 0 Å². The Morgan fingerprint density at radius 1 is 0.703 bits per heavy atom. The van der Waals surface area contributed by atoms with Gasteiger partial charge in [-0.2, -0.15) is 0 Å². The number of hydrogen-bond donors (Lipinski definition) is 3. The zero-order valence-electron chi connectivity index (χ0n) is 21.3. The molecule has 10 heteroatoms. The van der Waals surface area contributed by atoms with Crippen molar-refractivity contribution in [1.82, 2.24) is 25.8 Å². The van der Waals surface area contributed by atoms with Crippen LogP contribution < -0.4 is 16.0 Å². The molecule has 0 bridgehead atoms. The highest BCUT2D eigenvalue weighted by atomic mass is 16.2. The molecule has 0 radical (unpaired) electrons. The van der Waals surface area contributed by atoms with Gasteiger partial charge in [0.1, 0.15) is 18.1 Å². The molecule has 0 aliphatic carbocycles. The Balaban J connectivity index is 1.99. The highest BCUT2D eigenvalue weighted by Gasteiger charge is 2.36. The number of nitrogens with one attached hydrogen (secondary N) is 3. The van der Waals surface area contributed by atoms with Gasteiger partial charge in [-0.25, -0.2) is 0 Å². The lowest BCUT2D eigenvalue weighted by Crippen LogP contribution is -2.58. The molecule has 2 aromatic rings. The van der Waals surface area contributed by atoms with Crippen molar-refractivity contribution in [1.29, 1.82) is 0 Å². The Hall–Kier alpha value is -4.21. The van der Waals surface area contributed by atoms with Crippen LogP contribution in [-0.4, -0.2) is 84.6 Å². The molecule has 3 unspecified atom stereocenters. The van der Waals surface area contributed by atoms with Crippen molar-refractivity contribution < 1.29 is 24.0 Å². The third-order valence-corrected chi connectivity index (χ3v) is 6.42. The van der Waals surface area contributed by atoms with E-state index in [-0.39, 0.29) is 25.9 Å². The molecule has 1 fully saturated rings.